The van der Waals surface area contributed by atoms with E-state index in [1.165, 1.54) is 10.9 Å². The summed E-state index contributed by atoms with van der Waals surface area (Å²) in [6, 6.07) is 21.8. The third kappa shape index (κ3) is 3.31. The second-order valence-electron chi connectivity index (χ2n) is 5.15. The molecule has 0 aromatic heterocycles. The summed E-state index contributed by atoms with van der Waals surface area (Å²) in [5.74, 6) is 0.887. The average Bonchev–Trinajstić information content (AvgIpc) is 2.56. The minimum Gasteiger partial charge on any atom is -0.322 e. The Kier molecular flexibility index (Phi) is 4.45. The highest BCUT2D eigenvalue weighted by Gasteiger charge is 2.06. The molecule has 22 heavy (non-hydrogen) atoms. The maximum Gasteiger partial charge on any atom is 0.255 e. The Morgan fingerprint density at radius 2 is 1.68 bits per heavy atom. The highest BCUT2D eigenvalue weighted by Crippen LogP contribution is 2.19. The van der Waals surface area contributed by atoms with E-state index in [0.717, 1.165) is 16.8 Å². The summed E-state index contributed by atoms with van der Waals surface area (Å²) in [7, 11) is 0. The van der Waals surface area contributed by atoms with Crippen molar-refractivity contribution in [3.8, 4) is 0 Å². The zero-order valence-corrected chi connectivity index (χ0v) is 13.2. The third-order valence-electron chi connectivity index (χ3n) is 3.53. The molecular weight excluding hydrogens is 290 g/mol. The van der Waals surface area contributed by atoms with Crippen molar-refractivity contribution in [3.63, 3.8) is 0 Å². The van der Waals surface area contributed by atoms with Gasteiger partial charge in [-0.1, -0.05) is 42.5 Å². The first-order valence-electron chi connectivity index (χ1n) is 7.14. The van der Waals surface area contributed by atoms with Gasteiger partial charge in [0.05, 0.1) is 0 Å². The lowest BCUT2D eigenvalue weighted by molar-refractivity contribution is 0.102. The molecule has 0 aliphatic carbocycles. The number of anilines is 1. The molecule has 0 saturated heterocycles. The third-order valence-corrected chi connectivity index (χ3v) is 4.16. The topological polar surface area (TPSA) is 29.1 Å². The molecule has 0 fully saturated rings. The van der Waals surface area contributed by atoms with Crippen LogP contribution < -0.4 is 5.32 Å². The smallest absolute Gasteiger partial charge is 0.255 e. The van der Waals surface area contributed by atoms with Crippen molar-refractivity contribution in [1.29, 1.82) is 0 Å². The molecule has 0 aliphatic rings. The SMILES string of the molecule is CSCc1ccc(C(=O)Nc2ccc3ccccc3c2)cc1. The van der Waals surface area contributed by atoms with Gasteiger partial charge in [-0.2, -0.15) is 11.8 Å². The number of rotatable bonds is 4. The van der Waals surface area contributed by atoms with Gasteiger partial charge in [0.15, 0.2) is 0 Å². The summed E-state index contributed by atoms with van der Waals surface area (Å²) in [6.07, 6.45) is 2.07. The fraction of sp³-hybridized carbons (Fsp3) is 0.105. The van der Waals surface area contributed by atoms with Crippen molar-refractivity contribution in [2.45, 2.75) is 5.75 Å². The molecule has 3 aromatic carbocycles. The normalized spacial score (nSPS) is 10.6. The van der Waals surface area contributed by atoms with Gasteiger partial charge in [-0.05, 0) is 46.9 Å². The second-order valence-corrected chi connectivity index (χ2v) is 6.01. The van der Waals surface area contributed by atoms with Crippen LogP contribution in [0.1, 0.15) is 15.9 Å². The summed E-state index contributed by atoms with van der Waals surface area (Å²) in [4.78, 5) is 12.3. The van der Waals surface area contributed by atoms with Crippen molar-refractivity contribution in [3.05, 3.63) is 77.9 Å². The van der Waals surface area contributed by atoms with Crippen molar-refractivity contribution >= 4 is 34.1 Å². The van der Waals surface area contributed by atoms with E-state index >= 15 is 0 Å². The Labute approximate surface area is 134 Å². The monoisotopic (exact) mass is 307 g/mol. The zero-order valence-electron chi connectivity index (χ0n) is 12.4. The van der Waals surface area contributed by atoms with Crippen molar-refractivity contribution in [2.75, 3.05) is 11.6 Å². The molecule has 0 unspecified atom stereocenters. The van der Waals surface area contributed by atoms with E-state index < -0.39 is 0 Å². The molecular formula is C19H17NOS. The van der Waals surface area contributed by atoms with E-state index in [0.29, 0.717) is 5.56 Å². The number of fused-ring (bicyclic) bond motifs is 1. The van der Waals surface area contributed by atoms with Gasteiger partial charge in [-0.25, -0.2) is 0 Å². The van der Waals surface area contributed by atoms with E-state index in [1.807, 2.05) is 60.7 Å². The predicted octanol–water partition coefficient (Wildman–Crippen LogP) is 4.96. The van der Waals surface area contributed by atoms with Gasteiger partial charge in [0, 0.05) is 17.0 Å². The van der Waals surface area contributed by atoms with E-state index in [-0.39, 0.29) is 5.91 Å². The van der Waals surface area contributed by atoms with Crippen LogP contribution >= 0.6 is 11.8 Å². The molecule has 1 amide bonds. The second kappa shape index (κ2) is 6.67. The molecule has 0 atom stereocenters. The molecule has 0 aliphatic heterocycles. The van der Waals surface area contributed by atoms with Gasteiger partial charge in [-0.3, -0.25) is 4.79 Å². The Hall–Kier alpha value is -2.26. The molecule has 0 radical (unpaired) electrons. The van der Waals surface area contributed by atoms with Gasteiger partial charge in [0.2, 0.25) is 0 Å². The van der Waals surface area contributed by atoms with Crippen LogP contribution in [0.25, 0.3) is 10.8 Å². The van der Waals surface area contributed by atoms with Crippen molar-refractivity contribution < 1.29 is 4.79 Å². The largest absolute Gasteiger partial charge is 0.322 e. The molecule has 3 aromatic rings. The summed E-state index contributed by atoms with van der Waals surface area (Å²) >= 11 is 1.77. The van der Waals surface area contributed by atoms with Gasteiger partial charge < -0.3 is 5.32 Å². The lowest BCUT2D eigenvalue weighted by Gasteiger charge is -2.07. The van der Waals surface area contributed by atoms with Crippen molar-refractivity contribution in [1.82, 2.24) is 0 Å². The number of hydrogen-bond acceptors (Lipinski definition) is 2. The Balaban J connectivity index is 1.77. The molecule has 3 rings (SSSR count). The highest BCUT2D eigenvalue weighted by molar-refractivity contribution is 7.97. The molecule has 0 heterocycles. The fourth-order valence-electron chi connectivity index (χ4n) is 2.39. The van der Waals surface area contributed by atoms with Crippen LogP contribution in [0.2, 0.25) is 0 Å². The number of nitrogens with one attached hydrogen (secondary N) is 1. The van der Waals surface area contributed by atoms with Gasteiger partial charge >= 0.3 is 0 Å². The number of benzene rings is 3. The zero-order chi connectivity index (χ0) is 15.4. The van der Waals surface area contributed by atoms with E-state index in [2.05, 4.69) is 17.6 Å². The lowest BCUT2D eigenvalue weighted by Crippen LogP contribution is -2.11. The first kappa shape index (κ1) is 14.7. The predicted molar refractivity (Wildman–Crippen MR) is 95.6 cm³/mol. The molecule has 3 heteroatoms. The summed E-state index contributed by atoms with van der Waals surface area (Å²) < 4.78 is 0. The summed E-state index contributed by atoms with van der Waals surface area (Å²) in [6.45, 7) is 0. The van der Waals surface area contributed by atoms with E-state index in [1.54, 1.807) is 11.8 Å². The van der Waals surface area contributed by atoms with Gasteiger partial charge in [-0.15, -0.1) is 0 Å². The lowest BCUT2D eigenvalue weighted by atomic mass is 10.1. The number of hydrogen-bond donors (Lipinski definition) is 1. The van der Waals surface area contributed by atoms with Crippen LogP contribution in [-0.2, 0) is 5.75 Å². The van der Waals surface area contributed by atoms with Gasteiger partial charge in [0.1, 0.15) is 0 Å². The van der Waals surface area contributed by atoms with E-state index in [4.69, 9.17) is 0 Å². The quantitative estimate of drug-likeness (QED) is 0.738. The Bertz CT molecular complexity index is 796. The summed E-state index contributed by atoms with van der Waals surface area (Å²) in [5, 5.41) is 5.25. The highest BCUT2D eigenvalue weighted by atomic mass is 32.2. The number of amides is 1. The average molecular weight is 307 g/mol. The van der Waals surface area contributed by atoms with Crippen LogP contribution in [0, 0.1) is 0 Å². The molecule has 0 bridgehead atoms. The first-order chi connectivity index (χ1) is 10.8. The molecule has 2 nitrogen and oxygen atoms in total. The van der Waals surface area contributed by atoms with Crippen LogP contribution in [0.15, 0.2) is 66.7 Å². The van der Waals surface area contributed by atoms with Crippen molar-refractivity contribution in [2.24, 2.45) is 0 Å². The number of carbonyl (C=O) groups is 1. The maximum atomic E-state index is 12.3. The van der Waals surface area contributed by atoms with Gasteiger partial charge in [0.25, 0.3) is 5.91 Å². The number of thioether (sulfide) groups is 1. The van der Waals surface area contributed by atoms with Crippen LogP contribution in [0.3, 0.4) is 0 Å². The molecule has 1 N–H and O–H groups in total. The van der Waals surface area contributed by atoms with Crippen LogP contribution in [-0.4, -0.2) is 12.2 Å². The Morgan fingerprint density at radius 1 is 0.955 bits per heavy atom. The standard InChI is InChI=1S/C19H17NOS/c1-22-13-14-6-8-16(9-7-14)19(21)20-18-11-10-15-4-2-3-5-17(15)12-18/h2-12H,13H2,1H3,(H,20,21). The fourth-order valence-corrected chi connectivity index (χ4v) is 2.92. The minimum absolute atomic E-state index is 0.0778. The number of carbonyl (C=O) groups excluding carboxylic acids is 1. The maximum absolute atomic E-state index is 12.3. The first-order valence-corrected chi connectivity index (χ1v) is 8.54. The molecule has 0 saturated carbocycles. The van der Waals surface area contributed by atoms with Crippen LogP contribution in [0.5, 0.6) is 0 Å². The minimum atomic E-state index is -0.0778. The molecule has 0 spiro atoms. The van der Waals surface area contributed by atoms with Crippen LogP contribution in [0.4, 0.5) is 5.69 Å². The van der Waals surface area contributed by atoms with E-state index in [9.17, 15) is 4.79 Å². The molecule has 110 valence electrons. The Morgan fingerprint density at radius 3 is 2.41 bits per heavy atom. The summed E-state index contributed by atoms with van der Waals surface area (Å²) in [5.41, 5.74) is 2.73.